The SMILES string of the molecule is C.CCC(C)[C@@H](O)C(=O)C(C)C. The minimum atomic E-state index is -0.764. The van der Waals surface area contributed by atoms with E-state index in [9.17, 15) is 9.90 Å². The lowest BCUT2D eigenvalue weighted by atomic mass is 9.93. The van der Waals surface area contributed by atoms with Gasteiger partial charge in [0.05, 0.1) is 0 Å². The number of carbonyl (C=O) groups excluding carboxylic acids is 1. The maximum Gasteiger partial charge on any atom is 0.164 e. The van der Waals surface area contributed by atoms with E-state index in [-0.39, 0.29) is 25.0 Å². The Morgan fingerprint density at radius 3 is 2.00 bits per heavy atom. The van der Waals surface area contributed by atoms with Crippen molar-refractivity contribution >= 4 is 5.78 Å². The van der Waals surface area contributed by atoms with E-state index >= 15 is 0 Å². The summed E-state index contributed by atoms with van der Waals surface area (Å²) in [7, 11) is 0. The quantitative estimate of drug-likeness (QED) is 0.709. The van der Waals surface area contributed by atoms with E-state index in [1.54, 1.807) is 0 Å². The van der Waals surface area contributed by atoms with E-state index in [2.05, 4.69) is 0 Å². The number of hydrogen-bond acceptors (Lipinski definition) is 2. The second-order valence-corrected chi connectivity index (χ2v) is 3.39. The largest absolute Gasteiger partial charge is 0.385 e. The topological polar surface area (TPSA) is 37.3 Å². The van der Waals surface area contributed by atoms with Crippen molar-refractivity contribution in [2.75, 3.05) is 0 Å². The van der Waals surface area contributed by atoms with Crippen molar-refractivity contribution in [3.8, 4) is 0 Å². The van der Waals surface area contributed by atoms with E-state index in [4.69, 9.17) is 0 Å². The summed E-state index contributed by atoms with van der Waals surface area (Å²) in [6, 6.07) is 0. The summed E-state index contributed by atoms with van der Waals surface area (Å²) in [6.45, 7) is 7.49. The van der Waals surface area contributed by atoms with E-state index in [1.807, 2.05) is 27.7 Å². The zero-order valence-electron chi connectivity index (χ0n) is 7.79. The summed E-state index contributed by atoms with van der Waals surface area (Å²) in [5.74, 6) is -0.0109. The maximum absolute atomic E-state index is 11.2. The van der Waals surface area contributed by atoms with E-state index in [0.29, 0.717) is 0 Å². The zero-order chi connectivity index (χ0) is 9.02. The lowest BCUT2D eigenvalue weighted by molar-refractivity contribution is -0.132. The van der Waals surface area contributed by atoms with Gasteiger partial charge >= 0.3 is 0 Å². The normalized spacial score (nSPS) is 15.2. The molecule has 0 bridgehead atoms. The van der Waals surface area contributed by atoms with Crippen molar-refractivity contribution in [3.05, 3.63) is 0 Å². The number of hydrogen-bond donors (Lipinski definition) is 1. The van der Waals surface area contributed by atoms with E-state index < -0.39 is 6.10 Å². The molecule has 0 aromatic rings. The van der Waals surface area contributed by atoms with Gasteiger partial charge in [-0.2, -0.15) is 0 Å². The molecule has 1 unspecified atom stereocenters. The first-order valence-corrected chi connectivity index (χ1v) is 4.22. The Morgan fingerprint density at radius 2 is 1.75 bits per heavy atom. The van der Waals surface area contributed by atoms with Gasteiger partial charge in [-0.05, 0) is 5.92 Å². The molecule has 0 saturated heterocycles. The molecule has 0 saturated carbocycles. The zero-order valence-corrected chi connectivity index (χ0v) is 7.79. The van der Waals surface area contributed by atoms with Gasteiger partial charge in [0, 0.05) is 5.92 Å². The van der Waals surface area contributed by atoms with E-state index in [0.717, 1.165) is 6.42 Å². The van der Waals surface area contributed by atoms with Crippen LogP contribution >= 0.6 is 0 Å². The molecule has 2 heteroatoms. The summed E-state index contributed by atoms with van der Waals surface area (Å²) in [5, 5.41) is 9.41. The standard InChI is InChI=1S/C9H18O2.CH4/c1-5-7(4)9(11)8(10)6(2)3;/h6-7,9,11H,5H2,1-4H3;1H4/t7?,9-;/m1./s1. The Kier molecular flexibility index (Phi) is 7.30. The van der Waals surface area contributed by atoms with Crippen LogP contribution in [0.4, 0.5) is 0 Å². The second kappa shape index (κ2) is 6.18. The summed E-state index contributed by atoms with van der Waals surface area (Å²) in [6.07, 6.45) is 0.0830. The Balaban J connectivity index is 0. The lowest BCUT2D eigenvalue weighted by Gasteiger charge is -2.17. The lowest BCUT2D eigenvalue weighted by Crippen LogP contribution is -2.30. The molecule has 2 nitrogen and oxygen atoms in total. The van der Waals surface area contributed by atoms with E-state index in [1.165, 1.54) is 0 Å². The Morgan fingerprint density at radius 1 is 1.33 bits per heavy atom. The molecule has 0 radical (unpaired) electrons. The van der Waals surface area contributed by atoms with Gasteiger partial charge in [-0.3, -0.25) is 4.79 Å². The van der Waals surface area contributed by atoms with Crippen LogP contribution in [0.3, 0.4) is 0 Å². The molecule has 0 amide bonds. The molecule has 0 aliphatic carbocycles. The molecular weight excluding hydrogens is 152 g/mol. The molecular formula is C10H22O2. The smallest absolute Gasteiger partial charge is 0.164 e. The predicted octanol–water partition coefficient (Wildman–Crippen LogP) is 2.25. The molecule has 0 rings (SSSR count). The van der Waals surface area contributed by atoms with Crippen LogP contribution in [0.5, 0.6) is 0 Å². The van der Waals surface area contributed by atoms with Crippen LogP contribution < -0.4 is 0 Å². The van der Waals surface area contributed by atoms with Crippen LogP contribution in [0.15, 0.2) is 0 Å². The molecule has 74 valence electrons. The number of aliphatic hydroxyl groups excluding tert-OH is 1. The molecule has 0 spiro atoms. The molecule has 0 aromatic carbocycles. The average Bonchev–Trinajstić information content (AvgIpc) is 2.00. The van der Waals surface area contributed by atoms with Crippen molar-refractivity contribution in [2.24, 2.45) is 11.8 Å². The second-order valence-electron chi connectivity index (χ2n) is 3.39. The third-order valence-electron chi connectivity index (χ3n) is 2.04. The molecule has 0 fully saturated rings. The van der Waals surface area contributed by atoms with Gasteiger partial charge in [0.2, 0.25) is 0 Å². The molecule has 0 heterocycles. The highest BCUT2D eigenvalue weighted by Crippen LogP contribution is 2.11. The van der Waals surface area contributed by atoms with Crippen molar-refractivity contribution < 1.29 is 9.90 Å². The Bertz CT molecular complexity index is 130. The minimum absolute atomic E-state index is 0. The van der Waals surface area contributed by atoms with Crippen molar-refractivity contribution in [1.82, 2.24) is 0 Å². The molecule has 1 N–H and O–H groups in total. The third kappa shape index (κ3) is 3.86. The van der Waals surface area contributed by atoms with Gasteiger partial charge in [-0.15, -0.1) is 0 Å². The van der Waals surface area contributed by atoms with Crippen molar-refractivity contribution in [2.45, 2.75) is 47.6 Å². The highest BCUT2D eigenvalue weighted by atomic mass is 16.3. The first-order valence-electron chi connectivity index (χ1n) is 4.22. The fourth-order valence-electron chi connectivity index (χ4n) is 0.845. The molecule has 2 atom stereocenters. The van der Waals surface area contributed by atoms with Gasteiger partial charge < -0.3 is 5.11 Å². The van der Waals surface area contributed by atoms with Crippen LogP contribution in [0.25, 0.3) is 0 Å². The fraction of sp³-hybridized carbons (Fsp3) is 0.900. The minimum Gasteiger partial charge on any atom is -0.385 e. The summed E-state index contributed by atoms with van der Waals surface area (Å²) in [5.41, 5.74) is 0. The highest BCUT2D eigenvalue weighted by molar-refractivity contribution is 5.84. The molecule has 0 aromatic heterocycles. The predicted molar refractivity (Wildman–Crippen MR) is 52.0 cm³/mol. The number of Topliss-reactive ketones (excluding diaryl/α,β-unsaturated/α-hetero) is 1. The van der Waals surface area contributed by atoms with Gasteiger partial charge in [0.1, 0.15) is 6.10 Å². The number of ketones is 1. The van der Waals surface area contributed by atoms with Gasteiger partial charge in [-0.1, -0.05) is 41.5 Å². The molecule has 0 aliphatic rings. The van der Waals surface area contributed by atoms with Crippen LogP contribution in [0.1, 0.15) is 41.5 Å². The van der Waals surface area contributed by atoms with Gasteiger partial charge in [0.25, 0.3) is 0 Å². The van der Waals surface area contributed by atoms with Gasteiger partial charge in [-0.25, -0.2) is 0 Å². The van der Waals surface area contributed by atoms with Crippen molar-refractivity contribution in [3.63, 3.8) is 0 Å². The fourth-order valence-corrected chi connectivity index (χ4v) is 0.845. The summed E-state index contributed by atoms with van der Waals surface area (Å²) >= 11 is 0. The van der Waals surface area contributed by atoms with Crippen LogP contribution in [0, 0.1) is 11.8 Å². The number of rotatable bonds is 4. The average molecular weight is 174 g/mol. The van der Waals surface area contributed by atoms with Crippen LogP contribution in [-0.2, 0) is 4.79 Å². The number of aliphatic hydroxyl groups is 1. The Hall–Kier alpha value is -0.370. The summed E-state index contributed by atoms with van der Waals surface area (Å²) < 4.78 is 0. The van der Waals surface area contributed by atoms with Gasteiger partial charge in [0.15, 0.2) is 5.78 Å². The first kappa shape index (κ1) is 14.2. The highest BCUT2D eigenvalue weighted by Gasteiger charge is 2.22. The van der Waals surface area contributed by atoms with Crippen LogP contribution in [0.2, 0.25) is 0 Å². The third-order valence-corrected chi connectivity index (χ3v) is 2.04. The molecule has 12 heavy (non-hydrogen) atoms. The van der Waals surface area contributed by atoms with Crippen LogP contribution in [-0.4, -0.2) is 17.0 Å². The molecule has 0 aliphatic heterocycles. The first-order chi connectivity index (χ1) is 5.00. The maximum atomic E-state index is 11.2. The van der Waals surface area contributed by atoms with Crippen molar-refractivity contribution in [1.29, 1.82) is 0 Å². The Labute approximate surface area is 76.0 Å². The monoisotopic (exact) mass is 174 g/mol. The summed E-state index contributed by atoms with van der Waals surface area (Å²) in [4.78, 5) is 11.2. The number of carbonyl (C=O) groups is 1.